The Kier molecular flexibility index (Phi) is 5.97. The van der Waals surface area contributed by atoms with E-state index < -0.39 is 0 Å². The molecule has 86 valence electrons. The van der Waals surface area contributed by atoms with Crippen LogP contribution in [0.4, 0.5) is 0 Å². The van der Waals surface area contributed by atoms with Crippen LogP contribution in [0.3, 0.4) is 0 Å². The molecule has 1 aromatic heterocycles. The van der Waals surface area contributed by atoms with Crippen molar-refractivity contribution in [2.75, 3.05) is 20.3 Å². The largest absolute Gasteiger partial charge is 0.381 e. The van der Waals surface area contributed by atoms with E-state index in [0.717, 1.165) is 31.1 Å². The summed E-state index contributed by atoms with van der Waals surface area (Å²) in [7, 11) is 1.92. The van der Waals surface area contributed by atoms with E-state index in [-0.39, 0.29) is 1.43 Å². The molecule has 0 spiro atoms. The highest BCUT2D eigenvalue weighted by Crippen LogP contribution is 1.98. The van der Waals surface area contributed by atoms with Gasteiger partial charge in [-0.3, -0.25) is 4.98 Å². The molecule has 0 bridgehead atoms. The van der Waals surface area contributed by atoms with Gasteiger partial charge in [-0.15, -0.1) is 0 Å². The lowest BCUT2D eigenvalue weighted by Gasteiger charge is -1.98. The predicted molar refractivity (Wildman–Crippen MR) is 63.9 cm³/mol. The molecule has 0 aliphatic carbocycles. The Balaban J connectivity index is 0.000000318. The maximum atomic E-state index is 4.94. The van der Waals surface area contributed by atoms with E-state index in [9.17, 15) is 0 Å². The molecule has 1 fully saturated rings. The molecule has 15 heavy (non-hydrogen) atoms. The summed E-state index contributed by atoms with van der Waals surface area (Å²) in [5.41, 5.74) is 2.18. The molecule has 0 amide bonds. The Morgan fingerprint density at radius 1 is 1.40 bits per heavy atom. The summed E-state index contributed by atoms with van der Waals surface area (Å²) < 4.78 is 4.94. The summed E-state index contributed by atoms with van der Waals surface area (Å²) in [6, 6.07) is 6.04. The first-order valence-corrected chi connectivity index (χ1v) is 5.48. The minimum atomic E-state index is 0. The molecular weight excluding hydrogens is 188 g/mol. The third-order valence-electron chi connectivity index (χ3n) is 2.13. The van der Waals surface area contributed by atoms with Gasteiger partial charge in [-0.25, -0.2) is 0 Å². The van der Waals surface area contributed by atoms with Crippen LogP contribution in [-0.2, 0) is 11.3 Å². The minimum Gasteiger partial charge on any atom is -0.381 e. The van der Waals surface area contributed by atoms with E-state index in [0.29, 0.717) is 0 Å². The number of aromatic nitrogens is 1. The maximum absolute atomic E-state index is 4.94. The Morgan fingerprint density at radius 3 is 2.60 bits per heavy atom. The second kappa shape index (κ2) is 7.37. The van der Waals surface area contributed by atoms with Crippen molar-refractivity contribution in [3.8, 4) is 0 Å². The predicted octanol–water partition coefficient (Wildman–Crippen LogP) is 2.15. The number of hydrogen-bond acceptors (Lipinski definition) is 3. The van der Waals surface area contributed by atoms with Crippen LogP contribution in [0.25, 0.3) is 0 Å². The van der Waals surface area contributed by atoms with Gasteiger partial charge in [0.25, 0.3) is 0 Å². The van der Waals surface area contributed by atoms with Gasteiger partial charge in [0, 0.05) is 26.9 Å². The van der Waals surface area contributed by atoms with Gasteiger partial charge >= 0.3 is 0 Å². The topological polar surface area (TPSA) is 34.1 Å². The van der Waals surface area contributed by atoms with Crippen LogP contribution in [-0.4, -0.2) is 25.2 Å². The van der Waals surface area contributed by atoms with Crippen molar-refractivity contribution in [1.82, 2.24) is 10.3 Å². The molecule has 0 unspecified atom stereocenters. The standard InChI is InChI=1S/C8H12N2.C4H8O.H2/c1-7-4-3-5-8(10-7)6-9-2;1-2-4-5-3-1;/h3-5,9H,6H2,1-2H3;1-4H2;1H. The molecule has 1 aliphatic rings. The van der Waals surface area contributed by atoms with E-state index in [4.69, 9.17) is 4.74 Å². The SMILES string of the molecule is C1CCOC1.CNCc1cccc(C)n1.[HH]. The van der Waals surface area contributed by atoms with Crippen molar-refractivity contribution < 1.29 is 6.16 Å². The molecule has 0 radical (unpaired) electrons. The van der Waals surface area contributed by atoms with Crippen LogP contribution >= 0.6 is 0 Å². The highest BCUT2D eigenvalue weighted by molar-refractivity contribution is 5.09. The first-order chi connectivity index (χ1) is 7.33. The number of pyridine rings is 1. The van der Waals surface area contributed by atoms with Crippen molar-refractivity contribution in [3.63, 3.8) is 0 Å². The molecule has 1 aliphatic heterocycles. The van der Waals surface area contributed by atoms with Crippen LogP contribution in [0.1, 0.15) is 25.7 Å². The van der Waals surface area contributed by atoms with Crippen molar-refractivity contribution in [2.24, 2.45) is 0 Å². The Hall–Kier alpha value is -0.930. The fourth-order valence-electron chi connectivity index (χ4n) is 1.39. The van der Waals surface area contributed by atoms with Gasteiger partial charge in [-0.1, -0.05) is 6.07 Å². The smallest absolute Gasteiger partial charge is 0.0544 e. The highest BCUT2D eigenvalue weighted by atomic mass is 16.5. The average molecular weight is 210 g/mol. The zero-order chi connectivity index (χ0) is 10.9. The minimum absolute atomic E-state index is 0. The van der Waals surface area contributed by atoms with Gasteiger partial charge in [0.05, 0.1) is 5.69 Å². The average Bonchev–Trinajstić information content (AvgIpc) is 2.76. The van der Waals surface area contributed by atoms with Gasteiger partial charge in [-0.05, 0) is 38.9 Å². The third-order valence-corrected chi connectivity index (χ3v) is 2.13. The summed E-state index contributed by atoms with van der Waals surface area (Å²) in [6.07, 6.45) is 2.56. The van der Waals surface area contributed by atoms with E-state index >= 15 is 0 Å². The Morgan fingerprint density at radius 2 is 2.13 bits per heavy atom. The molecular formula is C12H22N2O. The Bertz CT molecular complexity index is 270. The fourth-order valence-corrected chi connectivity index (χ4v) is 1.39. The summed E-state index contributed by atoms with van der Waals surface area (Å²) in [5.74, 6) is 0. The van der Waals surface area contributed by atoms with Crippen LogP contribution in [0.15, 0.2) is 18.2 Å². The van der Waals surface area contributed by atoms with Crippen LogP contribution < -0.4 is 5.32 Å². The molecule has 3 nitrogen and oxygen atoms in total. The van der Waals surface area contributed by atoms with Gasteiger partial charge in [0.1, 0.15) is 0 Å². The van der Waals surface area contributed by atoms with Crippen LogP contribution in [0.5, 0.6) is 0 Å². The van der Waals surface area contributed by atoms with Gasteiger partial charge < -0.3 is 10.1 Å². The van der Waals surface area contributed by atoms with Gasteiger partial charge in [0.2, 0.25) is 0 Å². The van der Waals surface area contributed by atoms with Crippen molar-refractivity contribution in [2.45, 2.75) is 26.3 Å². The molecule has 1 saturated heterocycles. The number of nitrogens with zero attached hydrogens (tertiary/aromatic N) is 1. The summed E-state index contributed by atoms with van der Waals surface area (Å²) in [4.78, 5) is 4.30. The molecule has 2 heterocycles. The van der Waals surface area contributed by atoms with E-state index in [1.54, 1.807) is 0 Å². The Labute approximate surface area is 93.4 Å². The number of nitrogens with one attached hydrogen (secondary N) is 1. The van der Waals surface area contributed by atoms with E-state index in [2.05, 4.69) is 10.3 Å². The maximum Gasteiger partial charge on any atom is 0.0544 e. The zero-order valence-electron chi connectivity index (χ0n) is 9.62. The molecule has 1 N–H and O–H groups in total. The molecule has 0 saturated carbocycles. The summed E-state index contributed by atoms with van der Waals surface area (Å²) >= 11 is 0. The lowest BCUT2D eigenvalue weighted by Crippen LogP contribution is -2.06. The van der Waals surface area contributed by atoms with E-state index in [1.807, 2.05) is 32.2 Å². The quantitative estimate of drug-likeness (QED) is 0.812. The van der Waals surface area contributed by atoms with Crippen molar-refractivity contribution in [1.29, 1.82) is 0 Å². The first kappa shape index (κ1) is 12.1. The zero-order valence-corrected chi connectivity index (χ0v) is 9.62. The van der Waals surface area contributed by atoms with Crippen LogP contribution in [0, 0.1) is 6.92 Å². The van der Waals surface area contributed by atoms with Crippen molar-refractivity contribution >= 4 is 0 Å². The number of hydrogen-bond donors (Lipinski definition) is 1. The highest BCUT2D eigenvalue weighted by Gasteiger charge is 1.94. The van der Waals surface area contributed by atoms with Gasteiger partial charge in [0.15, 0.2) is 0 Å². The lowest BCUT2D eigenvalue weighted by molar-refractivity contribution is 0.198. The fraction of sp³-hybridized carbons (Fsp3) is 0.583. The molecule has 1 aromatic rings. The third kappa shape index (κ3) is 5.50. The molecule has 0 aromatic carbocycles. The summed E-state index contributed by atoms with van der Waals surface area (Å²) in [5, 5.41) is 3.05. The second-order valence-electron chi connectivity index (χ2n) is 3.62. The molecule has 0 atom stereocenters. The van der Waals surface area contributed by atoms with E-state index in [1.165, 1.54) is 12.8 Å². The number of aryl methyl sites for hydroxylation is 1. The lowest BCUT2D eigenvalue weighted by atomic mass is 10.3. The molecule has 2 rings (SSSR count). The summed E-state index contributed by atoms with van der Waals surface area (Å²) in [6.45, 7) is 4.85. The second-order valence-corrected chi connectivity index (χ2v) is 3.62. The van der Waals surface area contributed by atoms with Crippen LogP contribution in [0.2, 0.25) is 0 Å². The number of ether oxygens (including phenoxy) is 1. The molecule has 3 heteroatoms. The first-order valence-electron chi connectivity index (χ1n) is 5.48. The number of rotatable bonds is 2. The monoisotopic (exact) mass is 210 g/mol. The van der Waals surface area contributed by atoms with Gasteiger partial charge in [-0.2, -0.15) is 0 Å². The van der Waals surface area contributed by atoms with Crippen molar-refractivity contribution in [3.05, 3.63) is 29.6 Å². The normalized spacial score (nSPS) is 14.5.